The van der Waals surface area contributed by atoms with E-state index in [-0.39, 0.29) is 0 Å². The summed E-state index contributed by atoms with van der Waals surface area (Å²) >= 11 is 0. The topological polar surface area (TPSA) is 30.5 Å². The van der Waals surface area contributed by atoms with Gasteiger partial charge in [-0.05, 0) is 45.4 Å². The summed E-state index contributed by atoms with van der Waals surface area (Å²) in [5, 5.41) is 3.79. The summed E-state index contributed by atoms with van der Waals surface area (Å²) in [6.07, 6.45) is 8.26. The van der Waals surface area contributed by atoms with Crippen LogP contribution in [0.2, 0.25) is 0 Å². The summed E-state index contributed by atoms with van der Waals surface area (Å²) in [6.45, 7) is 3.09. The molecule has 0 radical (unpaired) electrons. The van der Waals surface area contributed by atoms with E-state index in [1.54, 1.807) is 0 Å². The lowest BCUT2D eigenvalue weighted by Crippen LogP contribution is -2.46. The number of nitrogens with one attached hydrogen (secondary N) is 1. The first kappa shape index (κ1) is 12.3. The van der Waals surface area contributed by atoms with Crippen molar-refractivity contribution in [2.24, 2.45) is 0 Å². The Labute approximate surface area is 98.9 Å². The molecule has 1 N–H and O–H groups in total. The maximum atomic E-state index is 5.57. The van der Waals surface area contributed by atoms with Gasteiger partial charge in [-0.1, -0.05) is 0 Å². The summed E-state index contributed by atoms with van der Waals surface area (Å²) in [5.41, 5.74) is 0. The maximum absolute atomic E-state index is 5.57. The fraction of sp³-hybridized carbons (Fsp3) is 1.00. The molecular weight excluding hydrogens is 202 g/mol. The Balaban J connectivity index is 1.75. The van der Waals surface area contributed by atoms with Crippen LogP contribution in [0.3, 0.4) is 0 Å². The second-order valence-corrected chi connectivity index (χ2v) is 5.29. The highest BCUT2D eigenvalue weighted by atomic mass is 16.5. The minimum atomic E-state index is 0.424. The van der Waals surface area contributed by atoms with Gasteiger partial charge >= 0.3 is 0 Å². The SMILES string of the molecule is COC1CCCC(NC2CCOC(C)C2)C1. The molecule has 2 aliphatic rings. The number of rotatable bonds is 3. The van der Waals surface area contributed by atoms with Crippen molar-refractivity contribution in [3.8, 4) is 0 Å². The lowest BCUT2D eigenvalue weighted by molar-refractivity contribution is 0.00544. The van der Waals surface area contributed by atoms with Crippen LogP contribution in [-0.2, 0) is 9.47 Å². The van der Waals surface area contributed by atoms with Crippen molar-refractivity contribution in [2.45, 2.75) is 69.7 Å². The first-order valence-corrected chi connectivity index (χ1v) is 6.68. The molecule has 4 unspecified atom stereocenters. The molecule has 1 aliphatic heterocycles. The van der Waals surface area contributed by atoms with E-state index in [2.05, 4.69) is 12.2 Å². The average molecular weight is 227 g/mol. The van der Waals surface area contributed by atoms with Gasteiger partial charge in [0.1, 0.15) is 0 Å². The smallest absolute Gasteiger partial charge is 0.0586 e. The van der Waals surface area contributed by atoms with Gasteiger partial charge < -0.3 is 14.8 Å². The van der Waals surface area contributed by atoms with Crippen LogP contribution in [0, 0.1) is 0 Å². The van der Waals surface area contributed by atoms with E-state index in [1.807, 2.05) is 7.11 Å². The predicted molar refractivity (Wildman–Crippen MR) is 64.6 cm³/mol. The molecule has 1 heterocycles. The van der Waals surface area contributed by atoms with Gasteiger partial charge in [-0.2, -0.15) is 0 Å². The minimum Gasteiger partial charge on any atom is -0.381 e. The quantitative estimate of drug-likeness (QED) is 0.801. The Kier molecular flexibility index (Phi) is 4.62. The summed E-state index contributed by atoms with van der Waals surface area (Å²) < 4.78 is 11.0. The molecule has 2 fully saturated rings. The van der Waals surface area contributed by atoms with E-state index in [0.29, 0.717) is 24.3 Å². The Morgan fingerprint density at radius 1 is 1.12 bits per heavy atom. The van der Waals surface area contributed by atoms with Crippen LogP contribution in [0.1, 0.15) is 45.4 Å². The van der Waals surface area contributed by atoms with Crippen LogP contribution in [0.15, 0.2) is 0 Å². The molecule has 94 valence electrons. The second-order valence-electron chi connectivity index (χ2n) is 5.29. The van der Waals surface area contributed by atoms with Crippen molar-refractivity contribution < 1.29 is 9.47 Å². The molecule has 1 aliphatic carbocycles. The molecule has 0 aromatic carbocycles. The largest absolute Gasteiger partial charge is 0.381 e. The van der Waals surface area contributed by atoms with Crippen molar-refractivity contribution in [1.29, 1.82) is 0 Å². The maximum Gasteiger partial charge on any atom is 0.0586 e. The molecule has 3 nitrogen and oxygen atoms in total. The monoisotopic (exact) mass is 227 g/mol. The molecular formula is C13H25NO2. The van der Waals surface area contributed by atoms with Crippen LogP contribution < -0.4 is 5.32 Å². The zero-order chi connectivity index (χ0) is 11.4. The summed E-state index contributed by atoms with van der Waals surface area (Å²) in [5.74, 6) is 0. The fourth-order valence-electron chi connectivity index (χ4n) is 2.99. The summed E-state index contributed by atoms with van der Waals surface area (Å²) in [7, 11) is 1.84. The third kappa shape index (κ3) is 3.44. The Morgan fingerprint density at radius 3 is 2.69 bits per heavy atom. The predicted octanol–water partition coefficient (Wildman–Crippen LogP) is 2.10. The second kappa shape index (κ2) is 5.99. The zero-order valence-electron chi connectivity index (χ0n) is 10.6. The van der Waals surface area contributed by atoms with E-state index in [4.69, 9.17) is 9.47 Å². The van der Waals surface area contributed by atoms with Crippen molar-refractivity contribution in [3.63, 3.8) is 0 Å². The van der Waals surface area contributed by atoms with Crippen LogP contribution in [-0.4, -0.2) is 38.0 Å². The molecule has 1 saturated heterocycles. The molecule has 0 aromatic heterocycles. The van der Waals surface area contributed by atoms with Gasteiger partial charge in [-0.25, -0.2) is 0 Å². The van der Waals surface area contributed by atoms with Gasteiger partial charge in [0.05, 0.1) is 12.2 Å². The standard InChI is InChI=1S/C13H25NO2/c1-10-8-12(6-7-16-10)14-11-4-3-5-13(9-11)15-2/h10-14H,3-9H2,1-2H3. The van der Waals surface area contributed by atoms with E-state index in [1.165, 1.54) is 32.1 Å². The number of hydrogen-bond donors (Lipinski definition) is 1. The molecule has 2 rings (SSSR count). The third-order valence-corrected chi connectivity index (χ3v) is 3.92. The van der Waals surface area contributed by atoms with Crippen LogP contribution in [0.4, 0.5) is 0 Å². The summed E-state index contributed by atoms with van der Waals surface area (Å²) in [6, 6.07) is 1.32. The third-order valence-electron chi connectivity index (χ3n) is 3.92. The van der Waals surface area contributed by atoms with Crippen molar-refractivity contribution in [3.05, 3.63) is 0 Å². The van der Waals surface area contributed by atoms with Crippen LogP contribution in [0.25, 0.3) is 0 Å². The normalized spacial score (nSPS) is 40.9. The first-order valence-electron chi connectivity index (χ1n) is 6.68. The van der Waals surface area contributed by atoms with Gasteiger partial charge in [0.2, 0.25) is 0 Å². The highest BCUT2D eigenvalue weighted by Crippen LogP contribution is 2.23. The molecule has 3 heteroatoms. The number of ether oxygens (including phenoxy) is 2. The van der Waals surface area contributed by atoms with E-state index >= 15 is 0 Å². The highest BCUT2D eigenvalue weighted by molar-refractivity contribution is 4.83. The zero-order valence-corrected chi connectivity index (χ0v) is 10.6. The Morgan fingerprint density at radius 2 is 1.94 bits per heavy atom. The van der Waals surface area contributed by atoms with E-state index in [9.17, 15) is 0 Å². The molecule has 0 bridgehead atoms. The Hall–Kier alpha value is -0.120. The fourth-order valence-corrected chi connectivity index (χ4v) is 2.99. The van der Waals surface area contributed by atoms with Crippen molar-refractivity contribution in [2.75, 3.05) is 13.7 Å². The first-order chi connectivity index (χ1) is 7.78. The van der Waals surface area contributed by atoms with Gasteiger partial charge in [0.15, 0.2) is 0 Å². The highest BCUT2D eigenvalue weighted by Gasteiger charge is 2.26. The molecule has 0 spiro atoms. The minimum absolute atomic E-state index is 0.424. The van der Waals surface area contributed by atoms with Crippen molar-refractivity contribution >= 4 is 0 Å². The molecule has 0 amide bonds. The molecule has 16 heavy (non-hydrogen) atoms. The van der Waals surface area contributed by atoms with E-state index < -0.39 is 0 Å². The molecule has 0 aromatic rings. The lowest BCUT2D eigenvalue weighted by Gasteiger charge is -2.35. The van der Waals surface area contributed by atoms with Crippen LogP contribution in [0.5, 0.6) is 0 Å². The average Bonchev–Trinajstić information content (AvgIpc) is 2.29. The van der Waals surface area contributed by atoms with Gasteiger partial charge in [-0.15, -0.1) is 0 Å². The number of hydrogen-bond acceptors (Lipinski definition) is 3. The van der Waals surface area contributed by atoms with E-state index in [0.717, 1.165) is 13.0 Å². The van der Waals surface area contributed by atoms with Gasteiger partial charge in [0, 0.05) is 25.8 Å². The summed E-state index contributed by atoms with van der Waals surface area (Å²) in [4.78, 5) is 0. The van der Waals surface area contributed by atoms with Gasteiger partial charge in [-0.3, -0.25) is 0 Å². The number of methoxy groups -OCH3 is 1. The Bertz CT molecular complexity index is 210. The van der Waals surface area contributed by atoms with Gasteiger partial charge in [0.25, 0.3) is 0 Å². The lowest BCUT2D eigenvalue weighted by atomic mass is 9.91. The molecule has 1 saturated carbocycles. The van der Waals surface area contributed by atoms with Crippen molar-refractivity contribution in [1.82, 2.24) is 5.32 Å². The van der Waals surface area contributed by atoms with Crippen LogP contribution >= 0.6 is 0 Å². The molecule has 4 atom stereocenters.